The fourth-order valence-corrected chi connectivity index (χ4v) is 2.00. The highest BCUT2D eigenvalue weighted by Gasteiger charge is 2.17. The Morgan fingerprint density at radius 2 is 2.25 bits per heavy atom. The van der Waals surface area contributed by atoms with Crippen molar-refractivity contribution in [3.05, 3.63) is 11.1 Å². The lowest BCUT2D eigenvalue weighted by Gasteiger charge is -2.22. The predicted molar refractivity (Wildman–Crippen MR) is 48.9 cm³/mol. The van der Waals surface area contributed by atoms with E-state index in [1.54, 1.807) is 6.33 Å². The number of rotatable bonds is 1. The maximum Gasteiger partial charge on any atom is 0.195 e. The highest BCUT2D eigenvalue weighted by atomic mass is 79.9. The van der Waals surface area contributed by atoms with Crippen LogP contribution in [0.3, 0.4) is 0 Å². The van der Waals surface area contributed by atoms with E-state index in [1.165, 1.54) is 0 Å². The lowest BCUT2D eigenvalue weighted by atomic mass is 10.1. The molecule has 0 unspecified atom stereocenters. The standard InChI is InChI=1S/C7H11BrN4/c8-7-10-5-11-12(7)6-1-3-9-4-2-6/h5-6,9H,1-4H2. The average Bonchev–Trinajstić information content (AvgIpc) is 2.53. The fraction of sp³-hybridized carbons (Fsp3) is 0.714. The third-order valence-electron chi connectivity index (χ3n) is 2.18. The van der Waals surface area contributed by atoms with Crippen molar-refractivity contribution in [3.63, 3.8) is 0 Å². The van der Waals surface area contributed by atoms with Crippen molar-refractivity contribution in [2.75, 3.05) is 13.1 Å². The molecular weight excluding hydrogens is 220 g/mol. The Kier molecular flexibility index (Phi) is 2.41. The molecular formula is C7H11BrN4. The van der Waals surface area contributed by atoms with Gasteiger partial charge in [0.15, 0.2) is 4.73 Å². The first kappa shape index (κ1) is 8.19. The summed E-state index contributed by atoms with van der Waals surface area (Å²) in [5.74, 6) is 0. The van der Waals surface area contributed by atoms with Crippen LogP contribution in [0.15, 0.2) is 11.1 Å². The van der Waals surface area contributed by atoms with Gasteiger partial charge in [-0.05, 0) is 41.9 Å². The van der Waals surface area contributed by atoms with Gasteiger partial charge >= 0.3 is 0 Å². The molecule has 0 atom stereocenters. The Morgan fingerprint density at radius 3 is 2.83 bits per heavy atom. The van der Waals surface area contributed by atoms with Gasteiger partial charge in [0.05, 0.1) is 6.04 Å². The van der Waals surface area contributed by atoms with E-state index >= 15 is 0 Å². The monoisotopic (exact) mass is 230 g/mol. The number of aromatic nitrogens is 3. The summed E-state index contributed by atoms with van der Waals surface area (Å²) < 4.78 is 2.80. The van der Waals surface area contributed by atoms with Gasteiger partial charge in [-0.25, -0.2) is 9.67 Å². The van der Waals surface area contributed by atoms with E-state index in [-0.39, 0.29) is 0 Å². The van der Waals surface area contributed by atoms with Crippen molar-refractivity contribution in [2.45, 2.75) is 18.9 Å². The molecule has 1 aliphatic rings. The minimum atomic E-state index is 0.517. The fourth-order valence-electron chi connectivity index (χ4n) is 1.53. The van der Waals surface area contributed by atoms with Crippen LogP contribution in [0, 0.1) is 0 Å². The zero-order valence-corrected chi connectivity index (χ0v) is 8.29. The molecule has 5 heteroatoms. The van der Waals surface area contributed by atoms with E-state index in [1.807, 2.05) is 4.68 Å². The van der Waals surface area contributed by atoms with Gasteiger partial charge in [-0.2, -0.15) is 5.10 Å². The highest BCUT2D eigenvalue weighted by molar-refractivity contribution is 9.10. The van der Waals surface area contributed by atoms with Crippen LogP contribution in [-0.2, 0) is 0 Å². The molecule has 1 N–H and O–H groups in total. The first-order chi connectivity index (χ1) is 5.88. The largest absolute Gasteiger partial charge is 0.317 e. The van der Waals surface area contributed by atoms with Crippen molar-refractivity contribution in [3.8, 4) is 0 Å². The molecule has 0 saturated carbocycles. The van der Waals surface area contributed by atoms with Crippen molar-refractivity contribution in [2.24, 2.45) is 0 Å². The molecule has 1 aromatic heterocycles. The van der Waals surface area contributed by atoms with Crippen LogP contribution in [-0.4, -0.2) is 27.9 Å². The zero-order chi connectivity index (χ0) is 8.39. The molecule has 0 bridgehead atoms. The first-order valence-corrected chi connectivity index (χ1v) is 4.93. The maximum atomic E-state index is 4.17. The summed E-state index contributed by atoms with van der Waals surface area (Å²) >= 11 is 3.37. The Bertz CT molecular complexity index is 254. The van der Waals surface area contributed by atoms with Crippen LogP contribution >= 0.6 is 15.9 Å². The van der Waals surface area contributed by atoms with Crippen molar-refractivity contribution >= 4 is 15.9 Å². The van der Waals surface area contributed by atoms with E-state index < -0.39 is 0 Å². The summed E-state index contributed by atoms with van der Waals surface area (Å²) in [6, 6.07) is 0.517. The molecule has 4 nitrogen and oxygen atoms in total. The van der Waals surface area contributed by atoms with Gasteiger partial charge in [0, 0.05) is 0 Å². The summed E-state index contributed by atoms with van der Waals surface area (Å²) in [6.07, 6.45) is 3.87. The van der Waals surface area contributed by atoms with Crippen LogP contribution in [0.25, 0.3) is 0 Å². The second-order valence-electron chi connectivity index (χ2n) is 2.95. The smallest absolute Gasteiger partial charge is 0.195 e. The lowest BCUT2D eigenvalue weighted by molar-refractivity contribution is 0.337. The Labute approximate surface area is 79.5 Å². The van der Waals surface area contributed by atoms with Gasteiger partial charge < -0.3 is 5.32 Å². The predicted octanol–water partition coefficient (Wildman–Crippen LogP) is 0.965. The summed E-state index contributed by atoms with van der Waals surface area (Å²) in [6.45, 7) is 2.16. The van der Waals surface area contributed by atoms with Crippen LogP contribution in [0.1, 0.15) is 18.9 Å². The second-order valence-corrected chi connectivity index (χ2v) is 3.66. The molecule has 0 aliphatic carbocycles. The number of nitrogens with zero attached hydrogens (tertiary/aromatic N) is 3. The van der Waals surface area contributed by atoms with Crippen molar-refractivity contribution in [1.29, 1.82) is 0 Å². The SMILES string of the molecule is Brc1ncnn1C1CCNCC1. The topological polar surface area (TPSA) is 42.7 Å². The van der Waals surface area contributed by atoms with E-state index in [2.05, 4.69) is 31.3 Å². The molecule has 0 amide bonds. The highest BCUT2D eigenvalue weighted by Crippen LogP contribution is 2.20. The van der Waals surface area contributed by atoms with Crippen LogP contribution in [0.2, 0.25) is 0 Å². The minimum absolute atomic E-state index is 0.517. The Balaban J connectivity index is 2.13. The number of piperidine rings is 1. The van der Waals surface area contributed by atoms with Gasteiger partial charge in [0.1, 0.15) is 6.33 Å². The summed E-state index contributed by atoms with van der Waals surface area (Å²) in [4.78, 5) is 4.04. The van der Waals surface area contributed by atoms with Gasteiger partial charge in [-0.1, -0.05) is 0 Å². The van der Waals surface area contributed by atoms with Crippen molar-refractivity contribution in [1.82, 2.24) is 20.1 Å². The number of halogens is 1. The Morgan fingerprint density at radius 1 is 1.50 bits per heavy atom. The van der Waals surface area contributed by atoms with Gasteiger partial charge in [0.25, 0.3) is 0 Å². The van der Waals surface area contributed by atoms with E-state index in [0.29, 0.717) is 6.04 Å². The van der Waals surface area contributed by atoms with Crippen LogP contribution in [0.5, 0.6) is 0 Å². The lowest BCUT2D eigenvalue weighted by Crippen LogP contribution is -2.29. The molecule has 0 spiro atoms. The summed E-state index contributed by atoms with van der Waals surface area (Å²) in [7, 11) is 0. The normalized spacial score (nSPS) is 19.8. The van der Waals surface area contributed by atoms with Gasteiger partial charge in [-0.15, -0.1) is 0 Å². The average molecular weight is 231 g/mol. The third kappa shape index (κ3) is 1.51. The number of hydrogen-bond donors (Lipinski definition) is 1. The van der Waals surface area contributed by atoms with Crippen LogP contribution < -0.4 is 5.32 Å². The molecule has 0 radical (unpaired) electrons. The summed E-state index contributed by atoms with van der Waals surface area (Å²) in [5.41, 5.74) is 0. The quantitative estimate of drug-likeness (QED) is 0.782. The first-order valence-electron chi connectivity index (χ1n) is 4.13. The van der Waals surface area contributed by atoms with E-state index in [4.69, 9.17) is 0 Å². The second kappa shape index (κ2) is 3.53. The van der Waals surface area contributed by atoms with E-state index in [9.17, 15) is 0 Å². The molecule has 12 heavy (non-hydrogen) atoms. The third-order valence-corrected chi connectivity index (χ3v) is 2.75. The van der Waals surface area contributed by atoms with Gasteiger partial charge in [0.2, 0.25) is 0 Å². The van der Waals surface area contributed by atoms with Crippen molar-refractivity contribution < 1.29 is 0 Å². The van der Waals surface area contributed by atoms with E-state index in [0.717, 1.165) is 30.7 Å². The molecule has 1 fully saturated rings. The van der Waals surface area contributed by atoms with Gasteiger partial charge in [-0.3, -0.25) is 0 Å². The molecule has 2 heterocycles. The molecule has 1 aliphatic heterocycles. The molecule has 1 saturated heterocycles. The number of hydrogen-bond acceptors (Lipinski definition) is 3. The molecule has 0 aromatic carbocycles. The zero-order valence-electron chi connectivity index (χ0n) is 6.70. The molecule has 1 aromatic rings. The molecule has 66 valence electrons. The minimum Gasteiger partial charge on any atom is -0.317 e. The number of nitrogens with one attached hydrogen (secondary N) is 1. The maximum absolute atomic E-state index is 4.17. The summed E-state index contributed by atoms with van der Waals surface area (Å²) in [5, 5.41) is 7.49. The van der Waals surface area contributed by atoms with Crippen LogP contribution in [0.4, 0.5) is 0 Å². The Hall–Kier alpha value is -0.420. The molecule has 2 rings (SSSR count).